The number of amides is 1. The molecule has 0 saturated carbocycles. The van der Waals surface area contributed by atoms with Crippen molar-refractivity contribution in [2.24, 2.45) is 0 Å². The fraction of sp³-hybridized carbons (Fsp3) is 0.588. The number of carbonyl (C=O) groups excluding carboxylic acids is 1. The van der Waals surface area contributed by atoms with Crippen LogP contribution in [0, 0.1) is 0 Å². The molecule has 1 aliphatic heterocycles. The number of sulfonamides is 1. The Morgan fingerprint density at radius 3 is 2.65 bits per heavy atom. The molecule has 1 aromatic carbocycles. The Balaban J connectivity index is 1.99. The van der Waals surface area contributed by atoms with E-state index in [0.29, 0.717) is 35.0 Å². The van der Waals surface area contributed by atoms with E-state index in [1.54, 1.807) is 32.9 Å². The first-order valence-electron chi connectivity index (χ1n) is 8.37. The molecule has 0 aromatic heterocycles. The fourth-order valence-electron chi connectivity index (χ4n) is 2.70. The number of halogens is 2. The van der Waals surface area contributed by atoms with Crippen molar-refractivity contribution in [1.82, 2.24) is 9.62 Å². The molecule has 2 rings (SSSR count). The van der Waals surface area contributed by atoms with Crippen LogP contribution >= 0.6 is 23.2 Å². The van der Waals surface area contributed by atoms with Gasteiger partial charge < -0.3 is 9.64 Å². The van der Waals surface area contributed by atoms with E-state index in [4.69, 9.17) is 27.9 Å². The van der Waals surface area contributed by atoms with Gasteiger partial charge in [0, 0.05) is 29.2 Å². The first-order valence-corrected chi connectivity index (χ1v) is 10.8. The summed E-state index contributed by atoms with van der Waals surface area (Å²) in [5, 5.41) is 0.756. The van der Waals surface area contributed by atoms with Gasteiger partial charge in [-0.1, -0.05) is 29.3 Å². The minimum Gasteiger partial charge on any atom is -0.444 e. The molecule has 1 heterocycles. The third-order valence-corrected chi connectivity index (χ3v) is 5.75. The Bertz CT molecular complexity index is 763. The molecule has 0 unspecified atom stereocenters. The smallest absolute Gasteiger partial charge is 0.410 e. The van der Waals surface area contributed by atoms with Crippen LogP contribution in [-0.4, -0.2) is 44.1 Å². The number of piperidine rings is 1. The monoisotopic (exact) mass is 422 g/mol. The minimum atomic E-state index is -3.61. The van der Waals surface area contributed by atoms with Crippen molar-refractivity contribution in [3.63, 3.8) is 0 Å². The normalized spacial score (nSPS) is 18.7. The lowest BCUT2D eigenvalue weighted by Crippen LogP contribution is -2.50. The summed E-state index contributed by atoms with van der Waals surface area (Å²) in [4.78, 5) is 13.7. The van der Waals surface area contributed by atoms with E-state index in [0.717, 1.165) is 0 Å². The van der Waals surface area contributed by atoms with Crippen molar-refractivity contribution >= 4 is 39.3 Å². The average molecular weight is 423 g/mol. The van der Waals surface area contributed by atoms with Gasteiger partial charge in [-0.3, -0.25) is 0 Å². The number of nitrogens with one attached hydrogen (secondary N) is 1. The predicted molar refractivity (Wildman–Crippen MR) is 103 cm³/mol. The third-order valence-electron chi connectivity index (χ3n) is 3.78. The molecule has 1 aromatic rings. The van der Waals surface area contributed by atoms with E-state index in [1.807, 2.05) is 0 Å². The molecule has 0 aliphatic carbocycles. The standard InChI is InChI=1S/C17H24Cl2N2O4S/c1-17(2,3)25-16(22)21-8-4-5-14(10-21)20-26(23,24)11-12-6-7-13(18)9-15(12)19/h6-7,9,14,20H,4-5,8,10-11H2,1-3H3/t14-/m0/s1. The van der Waals surface area contributed by atoms with Crippen LogP contribution in [0.5, 0.6) is 0 Å². The highest BCUT2D eigenvalue weighted by Crippen LogP contribution is 2.23. The largest absolute Gasteiger partial charge is 0.444 e. The van der Waals surface area contributed by atoms with Gasteiger partial charge in [0.05, 0.1) is 5.75 Å². The maximum absolute atomic E-state index is 12.5. The molecule has 1 saturated heterocycles. The number of nitrogens with zero attached hydrogens (tertiary/aromatic N) is 1. The zero-order valence-corrected chi connectivity index (χ0v) is 17.4. The molecule has 0 radical (unpaired) electrons. The van der Waals surface area contributed by atoms with E-state index < -0.39 is 21.7 Å². The second-order valence-electron chi connectivity index (χ2n) is 7.38. The molecule has 0 spiro atoms. The zero-order chi connectivity index (χ0) is 19.5. The number of likely N-dealkylation sites (tertiary alicyclic amines) is 1. The van der Waals surface area contributed by atoms with Crippen molar-refractivity contribution in [2.45, 2.75) is 51.0 Å². The lowest BCUT2D eigenvalue weighted by Gasteiger charge is -2.34. The lowest BCUT2D eigenvalue weighted by molar-refractivity contribution is 0.0195. The first kappa shape index (κ1) is 21.3. The molecule has 146 valence electrons. The van der Waals surface area contributed by atoms with Gasteiger partial charge in [-0.15, -0.1) is 0 Å². The van der Waals surface area contributed by atoms with Crippen molar-refractivity contribution in [1.29, 1.82) is 0 Å². The SMILES string of the molecule is CC(C)(C)OC(=O)N1CCC[C@H](NS(=O)(=O)Cc2ccc(Cl)cc2Cl)C1. The molecular formula is C17H24Cl2N2O4S. The van der Waals surface area contributed by atoms with Crippen LogP contribution in [0.1, 0.15) is 39.2 Å². The van der Waals surface area contributed by atoms with Gasteiger partial charge in [0.25, 0.3) is 0 Å². The maximum atomic E-state index is 12.5. The van der Waals surface area contributed by atoms with Crippen LogP contribution in [0.25, 0.3) is 0 Å². The van der Waals surface area contributed by atoms with E-state index >= 15 is 0 Å². The number of rotatable bonds is 4. The molecule has 1 amide bonds. The topological polar surface area (TPSA) is 75.7 Å². The fourth-order valence-corrected chi connectivity index (χ4v) is 4.70. The molecule has 1 fully saturated rings. The number of hydrogen-bond donors (Lipinski definition) is 1. The predicted octanol–water partition coefficient (Wildman–Crippen LogP) is 3.81. The number of ether oxygens (including phenoxy) is 1. The highest BCUT2D eigenvalue weighted by Gasteiger charge is 2.29. The first-order chi connectivity index (χ1) is 12.0. The number of carbonyl (C=O) groups is 1. The van der Waals surface area contributed by atoms with E-state index in [9.17, 15) is 13.2 Å². The maximum Gasteiger partial charge on any atom is 0.410 e. The molecule has 6 nitrogen and oxygen atoms in total. The lowest BCUT2D eigenvalue weighted by atomic mass is 10.1. The van der Waals surface area contributed by atoms with Gasteiger partial charge in [-0.2, -0.15) is 0 Å². The van der Waals surface area contributed by atoms with Crippen molar-refractivity contribution in [2.75, 3.05) is 13.1 Å². The summed E-state index contributed by atoms with van der Waals surface area (Å²) in [5.74, 6) is -0.244. The Morgan fingerprint density at radius 1 is 1.35 bits per heavy atom. The third kappa shape index (κ3) is 6.61. The Labute approximate surface area is 164 Å². The van der Waals surface area contributed by atoms with Crippen molar-refractivity contribution < 1.29 is 17.9 Å². The summed E-state index contributed by atoms with van der Waals surface area (Å²) >= 11 is 11.9. The number of hydrogen-bond acceptors (Lipinski definition) is 4. The Kier molecular flexibility index (Phi) is 6.82. The molecule has 26 heavy (non-hydrogen) atoms. The van der Waals surface area contributed by atoms with Gasteiger partial charge in [-0.25, -0.2) is 17.9 Å². The van der Waals surface area contributed by atoms with Crippen LogP contribution in [0.4, 0.5) is 4.79 Å². The Hall–Kier alpha value is -1.02. The van der Waals surface area contributed by atoms with E-state index in [-0.39, 0.29) is 18.3 Å². The van der Waals surface area contributed by atoms with Crippen LogP contribution < -0.4 is 4.72 Å². The second-order valence-corrected chi connectivity index (χ2v) is 9.98. The summed E-state index contributed by atoms with van der Waals surface area (Å²) < 4.78 is 33.0. The summed E-state index contributed by atoms with van der Waals surface area (Å²) in [6.07, 6.45) is 0.934. The van der Waals surface area contributed by atoms with Crippen LogP contribution in [0.3, 0.4) is 0 Å². The van der Waals surface area contributed by atoms with Gasteiger partial charge in [-0.05, 0) is 51.3 Å². The van der Waals surface area contributed by atoms with E-state index in [2.05, 4.69) is 4.72 Å². The molecular weight excluding hydrogens is 399 g/mol. The highest BCUT2D eigenvalue weighted by atomic mass is 35.5. The van der Waals surface area contributed by atoms with Crippen LogP contribution in [0.15, 0.2) is 18.2 Å². The highest BCUT2D eigenvalue weighted by molar-refractivity contribution is 7.88. The van der Waals surface area contributed by atoms with Gasteiger partial charge in [0.2, 0.25) is 10.0 Å². The molecule has 1 atom stereocenters. The minimum absolute atomic E-state index is 0.244. The average Bonchev–Trinajstić information content (AvgIpc) is 2.48. The van der Waals surface area contributed by atoms with Crippen LogP contribution in [-0.2, 0) is 20.5 Å². The van der Waals surface area contributed by atoms with Crippen LogP contribution in [0.2, 0.25) is 10.0 Å². The quantitative estimate of drug-likeness (QED) is 0.799. The molecule has 1 aliphatic rings. The molecule has 9 heteroatoms. The van der Waals surface area contributed by atoms with Gasteiger partial charge in [0.1, 0.15) is 5.60 Å². The summed E-state index contributed by atoms with van der Waals surface area (Å²) in [7, 11) is -3.61. The molecule has 0 bridgehead atoms. The zero-order valence-electron chi connectivity index (χ0n) is 15.1. The summed E-state index contributed by atoms with van der Waals surface area (Å²) in [6, 6.07) is 4.35. The van der Waals surface area contributed by atoms with E-state index in [1.165, 1.54) is 11.0 Å². The second kappa shape index (κ2) is 8.33. The van der Waals surface area contributed by atoms with Crippen molar-refractivity contribution in [3.05, 3.63) is 33.8 Å². The van der Waals surface area contributed by atoms with Gasteiger partial charge in [0.15, 0.2) is 0 Å². The summed E-state index contributed by atoms with van der Waals surface area (Å²) in [6.45, 7) is 6.22. The summed E-state index contributed by atoms with van der Waals surface area (Å²) in [5.41, 5.74) is -0.113. The Morgan fingerprint density at radius 2 is 2.04 bits per heavy atom. The van der Waals surface area contributed by atoms with Crippen molar-refractivity contribution in [3.8, 4) is 0 Å². The molecule has 1 N–H and O–H groups in total. The van der Waals surface area contributed by atoms with Gasteiger partial charge >= 0.3 is 6.09 Å². The number of benzene rings is 1.